The van der Waals surface area contributed by atoms with Crippen LogP contribution in [0.3, 0.4) is 0 Å². The average Bonchev–Trinajstić information content (AvgIpc) is 2.99. The Labute approximate surface area is 251 Å². The van der Waals surface area contributed by atoms with Gasteiger partial charge in [0.05, 0.1) is 22.3 Å². The van der Waals surface area contributed by atoms with E-state index < -0.39 is 97.8 Å². The number of allylic oxidation sites excluding steroid dienone is 3. The van der Waals surface area contributed by atoms with Crippen molar-refractivity contribution >= 4 is 11.3 Å². The van der Waals surface area contributed by atoms with E-state index in [9.17, 15) is 45.6 Å². The highest BCUT2D eigenvalue weighted by Gasteiger charge is 2.34. The lowest BCUT2D eigenvalue weighted by Crippen LogP contribution is -2.17. The zero-order chi connectivity index (χ0) is 34.0. The summed E-state index contributed by atoms with van der Waals surface area (Å²) in [7, 11) is 0. The standard InChI is InChI=1S/C30H10F10N4O2/c31-25-20(12-42)26(32)28(34)24(27(25)33)19(11-41)18-9-23(46-17-6-2-4-15(8-17)30(38,39)40)21(44-13-43)10-22(18)45-16-5-1-3-14(7-16)29(35,36)37/h1-10H/b19-18+,44-21-. The van der Waals surface area contributed by atoms with Crippen LogP contribution >= 0.6 is 0 Å². The highest BCUT2D eigenvalue weighted by atomic mass is 19.4. The molecule has 0 heterocycles. The number of alkyl halides is 6. The summed E-state index contributed by atoms with van der Waals surface area (Å²) < 4.78 is 150. The van der Waals surface area contributed by atoms with Gasteiger partial charge in [0.2, 0.25) is 6.19 Å². The monoisotopic (exact) mass is 648 g/mol. The summed E-state index contributed by atoms with van der Waals surface area (Å²) >= 11 is 0. The summed E-state index contributed by atoms with van der Waals surface area (Å²) in [5.41, 5.74) is -8.44. The van der Waals surface area contributed by atoms with Crippen LogP contribution in [0.1, 0.15) is 22.3 Å². The number of ether oxygens (including phenoxy) is 2. The number of hydrogen-bond donors (Lipinski definition) is 0. The lowest BCUT2D eigenvalue weighted by Gasteiger charge is -2.21. The molecule has 0 bridgehead atoms. The van der Waals surface area contributed by atoms with Gasteiger partial charge >= 0.3 is 12.4 Å². The summed E-state index contributed by atoms with van der Waals surface area (Å²) in [4.78, 5) is 3.42. The van der Waals surface area contributed by atoms with Crippen molar-refractivity contribution < 1.29 is 53.4 Å². The number of nitrogens with zero attached hydrogens (tertiary/aromatic N) is 4. The fourth-order valence-corrected chi connectivity index (χ4v) is 3.98. The molecule has 4 rings (SSSR count). The van der Waals surface area contributed by atoms with Crippen LogP contribution in [0, 0.1) is 57.4 Å². The van der Waals surface area contributed by atoms with Gasteiger partial charge in [-0.2, -0.15) is 47.1 Å². The molecular formula is C30H10F10N4O2. The van der Waals surface area contributed by atoms with Crippen LogP contribution in [0.4, 0.5) is 43.9 Å². The van der Waals surface area contributed by atoms with Gasteiger partial charge in [0, 0.05) is 11.6 Å². The normalized spacial score (nSPS) is 15.2. The third-order valence-electron chi connectivity index (χ3n) is 6.02. The Morgan fingerprint density at radius 1 is 0.674 bits per heavy atom. The Morgan fingerprint density at radius 3 is 1.61 bits per heavy atom. The van der Waals surface area contributed by atoms with E-state index in [0.717, 1.165) is 30.3 Å². The minimum absolute atomic E-state index is 0.478. The minimum Gasteiger partial charge on any atom is -0.457 e. The van der Waals surface area contributed by atoms with Gasteiger partial charge in [0.1, 0.15) is 40.7 Å². The molecular weight excluding hydrogens is 638 g/mol. The van der Waals surface area contributed by atoms with E-state index in [1.807, 2.05) is 0 Å². The largest absolute Gasteiger partial charge is 0.457 e. The second kappa shape index (κ2) is 12.5. The number of benzene rings is 3. The maximum absolute atomic E-state index is 15.1. The van der Waals surface area contributed by atoms with Crippen molar-refractivity contribution in [2.75, 3.05) is 0 Å². The van der Waals surface area contributed by atoms with Crippen molar-refractivity contribution in [1.82, 2.24) is 0 Å². The molecule has 0 spiro atoms. The van der Waals surface area contributed by atoms with Crippen molar-refractivity contribution in [3.8, 4) is 29.8 Å². The Balaban J connectivity index is 2.01. The molecule has 0 atom stereocenters. The van der Waals surface area contributed by atoms with Crippen LogP contribution in [0.25, 0.3) is 5.57 Å². The zero-order valence-electron chi connectivity index (χ0n) is 22.2. The summed E-state index contributed by atoms with van der Waals surface area (Å²) in [6.07, 6.45) is -7.01. The quantitative estimate of drug-likeness (QED) is 0.120. The molecule has 0 unspecified atom stereocenters. The molecule has 0 N–H and O–H groups in total. The first-order valence-corrected chi connectivity index (χ1v) is 12.1. The lowest BCUT2D eigenvalue weighted by molar-refractivity contribution is -0.138. The average molecular weight is 648 g/mol. The molecule has 0 radical (unpaired) electrons. The molecule has 0 amide bonds. The highest BCUT2D eigenvalue weighted by molar-refractivity contribution is 6.11. The Kier molecular flexibility index (Phi) is 8.92. The van der Waals surface area contributed by atoms with Crippen molar-refractivity contribution in [2.45, 2.75) is 12.4 Å². The van der Waals surface area contributed by atoms with Gasteiger partial charge in [-0.25, -0.2) is 17.6 Å². The molecule has 232 valence electrons. The summed E-state index contributed by atoms with van der Waals surface area (Å²) in [6.45, 7) is 0. The fourth-order valence-electron chi connectivity index (χ4n) is 3.98. The van der Waals surface area contributed by atoms with Gasteiger partial charge in [-0.1, -0.05) is 12.1 Å². The smallest absolute Gasteiger partial charge is 0.416 e. The van der Waals surface area contributed by atoms with Crippen molar-refractivity contribution in [2.24, 2.45) is 4.99 Å². The molecule has 3 aromatic carbocycles. The maximum Gasteiger partial charge on any atom is 0.416 e. The first-order valence-electron chi connectivity index (χ1n) is 12.1. The third kappa shape index (κ3) is 6.54. The molecule has 16 heteroatoms. The molecule has 1 aliphatic rings. The van der Waals surface area contributed by atoms with Crippen LogP contribution in [-0.4, -0.2) is 5.71 Å². The van der Waals surface area contributed by atoms with E-state index in [1.165, 1.54) is 12.3 Å². The topological polar surface area (TPSA) is 102 Å². The summed E-state index contributed by atoms with van der Waals surface area (Å²) in [6, 6.07) is 8.42. The third-order valence-corrected chi connectivity index (χ3v) is 6.02. The first-order chi connectivity index (χ1) is 21.6. The first kappa shape index (κ1) is 32.8. The molecule has 0 saturated heterocycles. The number of aliphatic imine (C=N–C) groups is 1. The van der Waals surface area contributed by atoms with Gasteiger partial charge in [-0.3, -0.25) is 0 Å². The maximum atomic E-state index is 15.1. The van der Waals surface area contributed by atoms with Crippen molar-refractivity contribution in [3.05, 3.63) is 123 Å². The van der Waals surface area contributed by atoms with Gasteiger partial charge in [0.25, 0.3) is 0 Å². The van der Waals surface area contributed by atoms with Gasteiger partial charge in [0.15, 0.2) is 29.0 Å². The van der Waals surface area contributed by atoms with Crippen LogP contribution < -0.4 is 9.47 Å². The number of rotatable bonds is 5. The van der Waals surface area contributed by atoms with Gasteiger partial charge < -0.3 is 9.47 Å². The van der Waals surface area contributed by atoms with Gasteiger partial charge in [-0.05, 0) is 42.5 Å². The second-order valence-electron chi connectivity index (χ2n) is 8.89. The van der Waals surface area contributed by atoms with Gasteiger partial charge in [-0.15, -0.1) is 0 Å². The molecule has 6 nitrogen and oxygen atoms in total. The fraction of sp³-hybridized carbons (Fsp3) is 0.0667. The van der Waals surface area contributed by atoms with E-state index in [4.69, 9.17) is 14.7 Å². The summed E-state index contributed by atoms with van der Waals surface area (Å²) in [5, 5.41) is 28.0. The second-order valence-corrected chi connectivity index (χ2v) is 8.89. The molecule has 0 aliphatic heterocycles. The van der Waals surface area contributed by atoms with Crippen LogP contribution in [0.15, 0.2) is 82.8 Å². The molecule has 0 aromatic heterocycles. The van der Waals surface area contributed by atoms with E-state index >= 15 is 8.78 Å². The zero-order valence-corrected chi connectivity index (χ0v) is 22.2. The van der Waals surface area contributed by atoms with Crippen LogP contribution in [0.5, 0.6) is 11.5 Å². The van der Waals surface area contributed by atoms with Crippen LogP contribution in [-0.2, 0) is 12.4 Å². The number of hydrogen-bond acceptors (Lipinski definition) is 6. The number of halogens is 10. The van der Waals surface area contributed by atoms with E-state index in [0.29, 0.717) is 36.4 Å². The Bertz CT molecular complexity index is 1970. The number of nitriles is 3. The molecule has 0 saturated carbocycles. The molecule has 46 heavy (non-hydrogen) atoms. The van der Waals surface area contributed by atoms with E-state index in [1.54, 1.807) is 0 Å². The molecule has 1 aliphatic carbocycles. The highest BCUT2D eigenvalue weighted by Crippen LogP contribution is 2.38. The van der Waals surface area contributed by atoms with E-state index in [2.05, 4.69) is 4.99 Å². The minimum atomic E-state index is -4.88. The van der Waals surface area contributed by atoms with Crippen molar-refractivity contribution in [3.63, 3.8) is 0 Å². The van der Waals surface area contributed by atoms with Crippen molar-refractivity contribution in [1.29, 1.82) is 15.8 Å². The van der Waals surface area contributed by atoms with Crippen LogP contribution in [0.2, 0.25) is 0 Å². The molecule has 0 fully saturated rings. The predicted octanol–water partition coefficient (Wildman–Crippen LogP) is 8.29. The Hall–Kier alpha value is -6.08. The van der Waals surface area contributed by atoms with E-state index in [-0.39, 0.29) is 0 Å². The Morgan fingerprint density at radius 2 is 1.17 bits per heavy atom. The lowest BCUT2D eigenvalue weighted by atomic mass is 9.93. The predicted molar refractivity (Wildman–Crippen MR) is 137 cm³/mol. The summed E-state index contributed by atoms with van der Waals surface area (Å²) in [5.74, 6) is -11.4. The molecule has 3 aromatic rings. The SMILES string of the molecule is N#C/N=C1C=C(Oc2cccc(C(F)(F)F)c2)/C(=C(\C#N)c2c(F)c(F)c(C#N)c(F)c2F)C=C/1Oc1cccc(C(F)(F)F)c1.